The number of benzene rings is 1. The zero-order valence-corrected chi connectivity index (χ0v) is 18.3. The average molecular weight is 437 g/mol. The third-order valence-corrected chi connectivity index (χ3v) is 5.91. The molecular weight excluding hydrogens is 410 g/mol. The minimum atomic E-state index is -0.715. The van der Waals surface area contributed by atoms with Crippen molar-refractivity contribution in [3.63, 3.8) is 0 Å². The quantitative estimate of drug-likeness (QED) is 0.404. The largest absolute Gasteiger partial charge is 0.507 e. The second-order valence-corrected chi connectivity index (χ2v) is 7.66. The van der Waals surface area contributed by atoms with Gasteiger partial charge in [-0.15, -0.1) is 0 Å². The highest BCUT2D eigenvalue weighted by Crippen LogP contribution is 2.40. The lowest BCUT2D eigenvalue weighted by molar-refractivity contribution is -0.140. The topological polar surface area (TPSA) is 92.2 Å². The van der Waals surface area contributed by atoms with Crippen molar-refractivity contribution in [1.29, 1.82) is 0 Å². The Balaban J connectivity index is 1.76. The van der Waals surface area contributed by atoms with Gasteiger partial charge in [-0.05, 0) is 42.9 Å². The van der Waals surface area contributed by atoms with E-state index in [2.05, 4.69) is 23.7 Å². The van der Waals surface area contributed by atoms with Gasteiger partial charge in [0, 0.05) is 31.0 Å². The summed E-state index contributed by atoms with van der Waals surface area (Å²) in [6, 6.07) is 7.83. The third kappa shape index (κ3) is 4.05. The van der Waals surface area contributed by atoms with Gasteiger partial charge in [0.15, 0.2) is 11.5 Å². The van der Waals surface area contributed by atoms with Gasteiger partial charge in [0.2, 0.25) is 0 Å². The summed E-state index contributed by atoms with van der Waals surface area (Å²) in [5, 5.41) is 11.2. The molecule has 0 bridgehead atoms. The molecular formula is C24H27N3O5. The smallest absolute Gasteiger partial charge is 0.295 e. The number of hydrogen-bond acceptors (Lipinski definition) is 7. The number of aliphatic hydroxyl groups is 1. The van der Waals surface area contributed by atoms with Gasteiger partial charge in [0.25, 0.3) is 11.7 Å². The van der Waals surface area contributed by atoms with E-state index in [1.165, 1.54) is 4.90 Å². The maximum atomic E-state index is 13.1. The van der Waals surface area contributed by atoms with Crippen LogP contribution in [0.4, 0.5) is 0 Å². The molecule has 1 amide bonds. The fourth-order valence-corrected chi connectivity index (χ4v) is 4.13. The molecule has 2 aliphatic heterocycles. The predicted octanol–water partition coefficient (Wildman–Crippen LogP) is 2.62. The summed E-state index contributed by atoms with van der Waals surface area (Å²) >= 11 is 0. The fraction of sp³-hybridized carbons (Fsp3) is 0.375. The number of amides is 1. The van der Waals surface area contributed by atoms with Gasteiger partial charge in [0.05, 0.1) is 11.6 Å². The Hall–Kier alpha value is -3.39. The van der Waals surface area contributed by atoms with Crippen molar-refractivity contribution in [2.45, 2.75) is 19.9 Å². The van der Waals surface area contributed by atoms with Gasteiger partial charge < -0.3 is 24.4 Å². The van der Waals surface area contributed by atoms with Crippen LogP contribution in [0.1, 0.15) is 31.0 Å². The molecule has 2 aliphatic rings. The number of carbonyl (C=O) groups excluding carboxylic acids is 2. The number of ketones is 1. The summed E-state index contributed by atoms with van der Waals surface area (Å²) in [6.07, 6.45) is 3.25. The molecule has 1 saturated heterocycles. The van der Waals surface area contributed by atoms with Gasteiger partial charge in [-0.3, -0.25) is 14.6 Å². The van der Waals surface area contributed by atoms with Crippen molar-refractivity contribution in [2.75, 3.05) is 39.4 Å². The van der Waals surface area contributed by atoms with E-state index in [0.717, 1.165) is 13.1 Å². The average Bonchev–Trinajstić information content (AvgIpc) is 3.09. The van der Waals surface area contributed by atoms with Crippen LogP contribution in [0.2, 0.25) is 0 Å². The van der Waals surface area contributed by atoms with Crippen LogP contribution in [-0.4, -0.2) is 71.0 Å². The standard InChI is InChI=1S/C24H27N3O5/c1-3-26(4-2)10-11-27-21(17-6-5-9-25-15-17)20(23(29)24(27)30)22(28)16-7-8-18-19(14-16)32-13-12-31-18/h5-9,14-15,21,28H,3-4,10-13H2,1-2H3/b22-20-. The minimum absolute atomic E-state index is 0.0548. The Morgan fingerprint density at radius 2 is 1.91 bits per heavy atom. The zero-order chi connectivity index (χ0) is 22.7. The van der Waals surface area contributed by atoms with Crippen molar-refractivity contribution >= 4 is 17.4 Å². The highest BCUT2D eigenvalue weighted by molar-refractivity contribution is 6.46. The van der Waals surface area contributed by atoms with Crippen LogP contribution in [0.15, 0.2) is 48.3 Å². The van der Waals surface area contributed by atoms with Gasteiger partial charge in [-0.1, -0.05) is 19.9 Å². The number of fused-ring (bicyclic) bond motifs is 1. The molecule has 8 nitrogen and oxygen atoms in total. The number of pyridine rings is 1. The molecule has 8 heteroatoms. The number of rotatable bonds is 7. The summed E-state index contributed by atoms with van der Waals surface area (Å²) in [7, 11) is 0. The van der Waals surface area contributed by atoms with Crippen LogP contribution in [0, 0.1) is 0 Å². The first kappa shape index (κ1) is 21.8. The Morgan fingerprint density at radius 3 is 2.59 bits per heavy atom. The fourth-order valence-electron chi connectivity index (χ4n) is 4.13. The normalized spacial score (nSPS) is 19.6. The Kier molecular flexibility index (Phi) is 6.41. The number of likely N-dealkylation sites (N-methyl/N-ethyl adjacent to an activating group) is 1. The van der Waals surface area contributed by atoms with Crippen LogP contribution in [-0.2, 0) is 9.59 Å². The zero-order valence-electron chi connectivity index (χ0n) is 18.3. The van der Waals surface area contributed by atoms with E-state index in [4.69, 9.17) is 9.47 Å². The number of carbonyl (C=O) groups is 2. The Bertz CT molecular complexity index is 1030. The number of likely N-dealkylation sites (tertiary alicyclic amines) is 1. The van der Waals surface area contributed by atoms with Crippen LogP contribution in [0.5, 0.6) is 11.5 Å². The molecule has 1 aromatic carbocycles. The van der Waals surface area contributed by atoms with Gasteiger partial charge >= 0.3 is 0 Å². The number of aliphatic hydroxyl groups excluding tert-OH is 1. The molecule has 1 aromatic heterocycles. The van der Waals surface area contributed by atoms with Gasteiger partial charge in [-0.25, -0.2) is 0 Å². The summed E-state index contributed by atoms with van der Waals surface area (Å²) < 4.78 is 11.2. The van der Waals surface area contributed by atoms with E-state index < -0.39 is 17.7 Å². The van der Waals surface area contributed by atoms with Crippen LogP contribution < -0.4 is 9.47 Å². The van der Waals surface area contributed by atoms with Crippen LogP contribution in [0.3, 0.4) is 0 Å². The first-order chi connectivity index (χ1) is 15.5. The molecule has 4 rings (SSSR count). The first-order valence-corrected chi connectivity index (χ1v) is 10.9. The molecule has 1 N–H and O–H groups in total. The van der Waals surface area contributed by atoms with Crippen molar-refractivity contribution in [1.82, 2.24) is 14.8 Å². The number of Topliss-reactive ketones (excluding diaryl/α,β-unsaturated/α-hetero) is 1. The van der Waals surface area contributed by atoms with Gasteiger partial charge in [-0.2, -0.15) is 0 Å². The number of aromatic nitrogens is 1. The van der Waals surface area contributed by atoms with Crippen LogP contribution in [0.25, 0.3) is 5.76 Å². The molecule has 1 fully saturated rings. The first-order valence-electron chi connectivity index (χ1n) is 10.9. The number of nitrogens with zero attached hydrogens (tertiary/aromatic N) is 3. The predicted molar refractivity (Wildman–Crippen MR) is 118 cm³/mol. The van der Waals surface area contributed by atoms with E-state index in [9.17, 15) is 14.7 Å². The van der Waals surface area contributed by atoms with E-state index >= 15 is 0 Å². The van der Waals surface area contributed by atoms with E-state index in [1.54, 1.807) is 36.7 Å². The highest BCUT2D eigenvalue weighted by Gasteiger charge is 2.46. The lowest BCUT2D eigenvalue weighted by Gasteiger charge is -2.28. The molecule has 168 valence electrons. The maximum absolute atomic E-state index is 13.1. The van der Waals surface area contributed by atoms with Crippen LogP contribution >= 0.6 is 0 Å². The number of hydrogen-bond donors (Lipinski definition) is 1. The molecule has 1 unspecified atom stereocenters. The highest BCUT2D eigenvalue weighted by atomic mass is 16.6. The maximum Gasteiger partial charge on any atom is 0.295 e. The minimum Gasteiger partial charge on any atom is -0.507 e. The van der Waals surface area contributed by atoms with Gasteiger partial charge in [0.1, 0.15) is 19.0 Å². The molecule has 0 saturated carbocycles. The monoisotopic (exact) mass is 437 g/mol. The van der Waals surface area contributed by atoms with Crippen molar-refractivity contribution in [3.05, 3.63) is 59.4 Å². The summed E-state index contributed by atoms with van der Waals surface area (Å²) in [5.41, 5.74) is 1.12. The molecule has 2 aromatic rings. The van der Waals surface area contributed by atoms with E-state index in [1.807, 2.05) is 6.07 Å². The Morgan fingerprint density at radius 1 is 1.16 bits per heavy atom. The molecule has 1 atom stereocenters. The molecule has 32 heavy (non-hydrogen) atoms. The second-order valence-electron chi connectivity index (χ2n) is 7.66. The molecule has 3 heterocycles. The van der Waals surface area contributed by atoms with E-state index in [0.29, 0.717) is 48.9 Å². The Labute approximate surface area is 187 Å². The van der Waals surface area contributed by atoms with Crippen molar-refractivity contribution < 1.29 is 24.2 Å². The SMILES string of the molecule is CCN(CC)CCN1C(=O)C(=O)/C(=C(\O)c2ccc3c(c2)OCCO3)C1c1cccnc1. The summed E-state index contributed by atoms with van der Waals surface area (Å²) in [5.74, 6) is -0.485. The molecule has 0 aliphatic carbocycles. The third-order valence-electron chi connectivity index (χ3n) is 5.91. The second kappa shape index (κ2) is 9.40. The summed E-state index contributed by atoms with van der Waals surface area (Å²) in [6.45, 7) is 7.64. The number of ether oxygens (including phenoxy) is 2. The molecule has 0 radical (unpaired) electrons. The summed E-state index contributed by atoms with van der Waals surface area (Å²) in [4.78, 5) is 34.0. The van der Waals surface area contributed by atoms with Crippen molar-refractivity contribution in [3.8, 4) is 11.5 Å². The van der Waals surface area contributed by atoms with Crippen molar-refractivity contribution in [2.24, 2.45) is 0 Å². The lowest BCUT2D eigenvalue weighted by atomic mass is 9.96. The lowest BCUT2D eigenvalue weighted by Crippen LogP contribution is -2.38. The molecule has 0 spiro atoms. The van der Waals surface area contributed by atoms with E-state index in [-0.39, 0.29) is 11.3 Å².